The maximum Gasteiger partial charge on any atom is 0.260 e. The highest BCUT2D eigenvalue weighted by Gasteiger charge is 2.25. The molecule has 0 amide bonds. The molecule has 0 atom stereocenters. The zero-order valence-corrected chi connectivity index (χ0v) is 18.0. The van der Waals surface area contributed by atoms with E-state index in [4.69, 9.17) is 11.6 Å². The van der Waals surface area contributed by atoms with Crippen molar-refractivity contribution >= 4 is 33.2 Å². The second kappa shape index (κ2) is 7.18. The fraction of sp³-hybridized carbons (Fsp3) is 0.208. The van der Waals surface area contributed by atoms with E-state index in [2.05, 4.69) is 4.98 Å². The van der Waals surface area contributed by atoms with Crippen molar-refractivity contribution in [2.75, 3.05) is 0 Å². The second-order valence-corrected chi connectivity index (χ2v) is 9.43. The number of aromatic hydroxyl groups is 2. The van der Waals surface area contributed by atoms with Crippen LogP contribution >= 0.6 is 22.9 Å². The fourth-order valence-corrected chi connectivity index (χ4v) is 5.80. The van der Waals surface area contributed by atoms with E-state index in [1.165, 1.54) is 11.3 Å². The van der Waals surface area contributed by atoms with Crippen LogP contribution in [0.15, 0.2) is 41.2 Å². The lowest BCUT2D eigenvalue weighted by molar-refractivity contribution is 0.464. The Bertz CT molecular complexity index is 1370. The molecular formula is C24H20ClNO3S. The maximum atomic E-state index is 12.8. The van der Waals surface area contributed by atoms with Gasteiger partial charge in [-0.05, 0) is 49.3 Å². The average Bonchev–Trinajstić information content (AvgIpc) is 3.04. The van der Waals surface area contributed by atoms with Crippen LogP contribution in [0, 0.1) is 6.92 Å². The Balaban J connectivity index is 1.82. The van der Waals surface area contributed by atoms with Gasteiger partial charge in [-0.25, -0.2) is 0 Å². The summed E-state index contributed by atoms with van der Waals surface area (Å²) >= 11 is 7.77. The van der Waals surface area contributed by atoms with Crippen LogP contribution in [0.4, 0.5) is 0 Å². The summed E-state index contributed by atoms with van der Waals surface area (Å²) in [6.45, 7) is 1.94. The molecule has 0 fully saturated rings. The van der Waals surface area contributed by atoms with Gasteiger partial charge in [0.25, 0.3) is 5.56 Å². The first-order valence-electron chi connectivity index (χ1n) is 9.94. The van der Waals surface area contributed by atoms with Gasteiger partial charge in [-0.1, -0.05) is 53.6 Å². The predicted octanol–water partition coefficient (Wildman–Crippen LogP) is 6.18. The van der Waals surface area contributed by atoms with Crippen LogP contribution in [0.3, 0.4) is 0 Å². The van der Waals surface area contributed by atoms with Crippen LogP contribution in [-0.4, -0.2) is 15.2 Å². The van der Waals surface area contributed by atoms with Crippen molar-refractivity contribution in [1.82, 2.24) is 4.98 Å². The topological polar surface area (TPSA) is 73.3 Å². The SMILES string of the molecule is Cc1cccc(-c2c(O)c3c(-c4ccc5c(c4O)CCCC5)c(Cl)sc3[nH]c2=O)c1. The molecular weight excluding hydrogens is 418 g/mol. The number of pyridine rings is 1. The molecule has 0 spiro atoms. The molecule has 0 radical (unpaired) electrons. The number of phenols is 1. The van der Waals surface area contributed by atoms with Crippen LogP contribution < -0.4 is 5.56 Å². The molecule has 30 heavy (non-hydrogen) atoms. The molecule has 152 valence electrons. The number of rotatable bonds is 2. The molecule has 0 saturated carbocycles. The van der Waals surface area contributed by atoms with Gasteiger partial charge in [0.15, 0.2) is 0 Å². The summed E-state index contributed by atoms with van der Waals surface area (Å²) in [7, 11) is 0. The summed E-state index contributed by atoms with van der Waals surface area (Å²) in [5.41, 5.74) is 4.73. The third kappa shape index (κ3) is 2.92. The van der Waals surface area contributed by atoms with E-state index >= 15 is 0 Å². The quantitative estimate of drug-likeness (QED) is 0.350. The molecule has 2 heterocycles. The Morgan fingerprint density at radius 2 is 1.83 bits per heavy atom. The summed E-state index contributed by atoms with van der Waals surface area (Å²) < 4.78 is 0.420. The minimum absolute atomic E-state index is 0.116. The van der Waals surface area contributed by atoms with Crippen molar-refractivity contribution in [3.63, 3.8) is 0 Å². The molecule has 2 aromatic heterocycles. The molecule has 4 nitrogen and oxygen atoms in total. The molecule has 5 rings (SSSR count). The van der Waals surface area contributed by atoms with Gasteiger partial charge in [0.1, 0.15) is 20.7 Å². The van der Waals surface area contributed by atoms with Gasteiger partial charge >= 0.3 is 0 Å². The zero-order chi connectivity index (χ0) is 21.0. The van der Waals surface area contributed by atoms with E-state index in [1.54, 1.807) is 6.07 Å². The first-order chi connectivity index (χ1) is 14.5. The highest BCUT2D eigenvalue weighted by Crippen LogP contribution is 2.50. The van der Waals surface area contributed by atoms with Crippen molar-refractivity contribution in [1.29, 1.82) is 0 Å². The maximum absolute atomic E-state index is 12.8. The summed E-state index contributed by atoms with van der Waals surface area (Å²) in [6, 6.07) is 11.3. The van der Waals surface area contributed by atoms with Gasteiger partial charge in [-0.15, -0.1) is 11.3 Å². The molecule has 0 unspecified atom stereocenters. The Kier molecular flexibility index (Phi) is 4.60. The highest BCUT2D eigenvalue weighted by atomic mass is 35.5. The number of hydrogen-bond acceptors (Lipinski definition) is 4. The van der Waals surface area contributed by atoms with Gasteiger partial charge in [-0.3, -0.25) is 4.79 Å². The van der Waals surface area contributed by atoms with Gasteiger partial charge in [0, 0.05) is 11.1 Å². The lowest BCUT2D eigenvalue weighted by Gasteiger charge is -2.19. The number of benzene rings is 2. The molecule has 0 bridgehead atoms. The molecule has 2 aromatic carbocycles. The van der Waals surface area contributed by atoms with Crippen LogP contribution in [0.1, 0.15) is 29.5 Å². The van der Waals surface area contributed by atoms with Crippen molar-refractivity contribution < 1.29 is 10.2 Å². The van der Waals surface area contributed by atoms with Gasteiger partial charge < -0.3 is 15.2 Å². The summed E-state index contributed by atoms with van der Waals surface area (Å²) in [4.78, 5) is 16.1. The summed E-state index contributed by atoms with van der Waals surface area (Å²) in [5, 5.41) is 22.7. The second-order valence-electron chi connectivity index (χ2n) is 7.81. The van der Waals surface area contributed by atoms with Gasteiger partial charge in [0.05, 0.1) is 10.9 Å². The standard InChI is InChI=1S/C24H20ClNO3S/c1-12-5-4-7-14(11-12)17-21(28)19-18(22(25)30-24(19)26-23(17)29)16-10-9-13-6-2-3-8-15(13)20(16)27/h4-5,7,9-11,27H,2-3,6,8H2,1H3,(H2,26,28,29). The molecule has 0 aliphatic heterocycles. The smallest absolute Gasteiger partial charge is 0.260 e. The van der Waals surface area contributed by atoms with Gasteiger partial charge in [0.2, 0.25) is 0 Å². The number of hydrogen-bond donors (Lipinski definition) is 3. The van der Waals surface area contributed by atoms with Crippen LogP contribution in [0.25, 0.3) is 32.5 Å². The number of phenolic OH excluding ortho intramolecular Hbond substituents is 1. The molecule has 3 N–H and O–H groups in total. The minimum atomic E-state index is -0.371. The zero-order valence-electron chi connectivity index (χ0n) is 16.4. The number of aryl methyl sites for hydroxylation is 2. The normalized spacial score (nSPS) is 13.5. The first-order valence-corrected chi connectivity index (χ1v) is 11.1. The minimum Gasteiger partial charge on any atom is -0.507 e. The van der Waals surface area contributed by atoms with E-state index in [0.717, 1.165) is 42.4 Å². The third-order valence-corrected chi connectivity index (χ3v) is 7.19. The largest absolute Gasteiger partial charge is 0.507 e. The number of aromatic amines is 1. The summed E-state index contributed by atoms with van der Waals surface area (Å²) in [6.07, 6.45) is 3.94. The van der Waals surface area contributed by atoms with E-state index in [9.17, 15) is 15.0 Å². The Labute approximate surface area is 182 Å². The number of aromatic nitrogens is 1. The third-order valence-electron chi connectivity index (χ3n) is 5.87. The Morgan fingerprint density at radius 1 is 1.03 bits per heavy atom. The van der Waals surface area contributed by atoms with Crippen molar-refractivity contribution in [2.24, 2.45) is 0 Å². The Morgan fingerprint density at radius 3 is 2.63 bits per heavy atom. The van der Waals surface area contributed by atoms with E-state index in [-0.39, 0.29) is 22.6 Å². The van der Waals surface area contributed by atoms with Crippen molar-refractivity contribution in [3.8, 4) is 33.8 Å². The molecule has 1 aliphatic carbocycles. The molecule has 4 aromatic rings. The van der Waals surface area contributed by atoms with Crippen LogP contribution in [0.5, 0.6) is 11.5 Å². The van der Waals surface area contributed by atoms with Crippen LogP contribution in [0.2, 0.25) is 4.34 Å². The number of H-pyrrole nitrogens is 1. The monoisotopic (exact) mass is 437 g/mol. The summed E-state index contributed by atoms with van der Waals surface area (Å²) in [5.74, 6) is 0.103. The van der Waals surface area contributed by atoms with Crippen molar-refractivity contribution in [2.45, 2.75) is 32.6 Å². The predicted molar refractivity (Wildman–Crippen MR) is 123 cm³/mol. The molecule has 0 saturated heterocycles. The number of nitrogens with one attached hydrogen (secondary N) is 1. The van der Waals surface area contributed by atoms with Crippen LogP contribution in [-0.2, 0) is 12.8 Å². The molecule has 1 aliphatic rings. The number of halogens is 1. The highest BCUT2D eigenvalue weighted by molar-refractivity contribution is 7.23. The first kappa shape index (κ1) is 19.2. The lowest BCUT2D eigenvalue weighted by atomic mass is 9.88. The van der Waals surface area contributed by atoms with E-state index in [0.29, 0.717) is 31.2 Å². The van der Waals surface area contributed by atoms with Crippen molar-refractivity contribution in [3.05, 3.63) is 67.8 Å². The molecule has 6 heteroatoms. The van der Waals surface area contributed by atoms with E-state index in [1.807, 2.05) is 37.3 Å². The van der Waals surface area contributed by atoms with Gasteiger partial charge in [-0.2, -0.15) is 0 Å². The lowest BCUT2D eigenvalue weighted by Crippen LogP contribution is -2.08. The average molecular weight is 438 g/mol. The number of thiophene rings is 1. The number of fused-ring (bicyclic) bond motifs is 2. The van der Waals surface area contributed by atoms with E-state index < -0.39 is 0 Å². The Hall–Kier alpha value is -2.76. The fourth-order valence-electron chi connectivity index (χ4n) is 4.43.